The number of piperidine rings is 3. The first kappa shape index (κ1) is 18.4. The summed E-state index contributed by atoms with van der Waals surface area (Å²) in [5.74, 6) is 0.0982. The van der Waals surface area contributed by atoms with E-state index in [1.165, 1.54) is 6.07 Å². The van der Waals surface area contributed by atoms with Crippen LogP contribution >= 0.6 is 0 Å². The molecule has 7 heteroatoms. The number of nitrogens with zero attached hydrogens (tertiary/aromatic N) is 2. The van der Waals surface area contributed by atoms with E-state index in [-0.39, 0.29) is 53.5 Å². The van der Waals surface area contributed by atoms with Crippen molar-refractivity contribution in [1.29, 1.82) is 0 Å². The van der Waals surface area contributed by atoms with Crippen molar-refractivity contribution < 1.29 is 19.1 Å². The third-order valence-corrected chi connectivity index (χ3v) is 6.82. The molecule has 3 fully saturated rings. The topological polar surface area (TPSA) is 91.1 Å². The highest BCUT2D eigenvalue weighted by Crippen LogP contribution is 2.41. The minimum absolute atomic E-state index is 0.0354. The first-order valence-corrected chi connectivity index (χ1v) is 10.3. The summed E-state index contributed by atoms with van der Waals surface area (Å²) in [5, 5.41) is 10.5. The van der Waals surface area contributed by atoms with Gasteiger partial charge in [0.05, 0.1) is 18.0 Å². The Kier molecular flexibility index (Phi) is 4.42. The van der Waals surface area contributed by atoms with Gasteiger partial charge in [0.25, 0.3) is 5.91 Å². The molecule has 1 N–H and O–H groups in total. The number of rotatable bonds is 2. The molecule has 2 amide bonds. The number of likely N-dealkylation sites (tertiary alicyclic amines) is 1. The number of hydrogen-bond acceptors (Lipinski definition) is 5. The second kappa shape index (κ2) is 6.99. The van der Waals surface area contributed by atoms with Gasteiger partial charge in [0.15, 0.2) is 11.2 Å². The lowest BCUT2D eigenvalue weighted by Gasteiger charge is -2.56. The molecule has 0 saturated carbocycles. The number of fused-ring (bicyclic) bond motifs is 5. The van der Waals surface area contributed by atoms with E-state index in [9.17, 15) is 19.5 Å². The van der Waals surface area contributed by atoms with Crippen molar-refractivity contribution in [1.82, 2.24) is 9.80 Å². The Morgan fingerprint density at radius 1 is 1.17 bits per heavy atom. The van der Waals surface area contributed by atoms with Gasteiger partial charge < -0.3 is 19.3 Å². The molecule has 3 aliphatic rings. The van der Waals surface area contributed by atoms with Gasteiger partial charge in [-0.2, -0.15) is 0 Å². The van der Waals surface area contributed by atoms with Gasteiger partial charge in [0.2, 0.25) is 5.91 Å². The fourth-order valence-corrected chi connectivity index (χ4v) is 5.54. The molecule has 0 unspecified atom stereocenters. The molecule has 5 rings (SSSR count). The summed E-state index contributed by atoms with van der Waals surface area (Å²) in [6.07, 6.45) is 3.21. The number of carbonyl (C=O) groups is 2. The maximum atomic E-state index is 13.2. The number of amides is 2. The number of benzene rings is 1. The molecule has 4 heterocycles. The lowest BCUT2D eigenvalue weighted by atomic mass is 9.72. The average Bonchev–Trinajstić information content (AvgIpc) is 2.74. The van der Waals surface area contributed by atoms with E-state index in [4.69, 9.17) is 4.42 Å². The van der Waals surface area contributed by atoms with Crippen molar-refractivity contribution >= 4 is 22.8 Å². The summed E-state index contributed by atoms with van der Waals surface area (Å²) in [6.45, 7) is 0.902. The van der Waals surface area contributed by atoms with Crippen molar-refractivity contribution in [3.8, 4) is 0 Å². The molecule has 0 radical (unpaired) electrons. The van der Waals surface area contributed by atoms with Crippen LogP contribution < -0.4 is 5.43 Å². The maximum absolute atomic E-state index is 13.2. The Balaban J connectivity index is 1.45. The molecule has 29 heavy (non-hydrogen) atoms. The molecular weight excluding hydrogens is 372 g/mol. The fraction of sp³-hybridized carbons (Fsp3) is 0.500. The molecule has 0 spiro atoms. The van der Waals surface area contributed by atoms with Gasteiger partial charge in [-0.3, -0.25) is 14.4 Å². The molecule has 2 bridgehead atoms. The summed E-state index contributed by atoms with van der Waals surface area (Å²) in [4.78, 5) is 41.7. The monoisotopic (exact) mass is 396 g/mol. The lowest BCUT2D eigenvalue weighted by molar-refractivity contribution is -0.154. The predicted molar refractivity (Wildman–Crippen MR) is 105 cm³/mol. The highest BCUT2D eigenvalue weighted by atomic mass is 16.3. The zero-order valence-corrected chi connectivity index (χ0v) is 16.1. The molecule has 1 aromatic heterocycles. The molecule has 3 saturated heterocycles. The quantitative estimate of drug-likeness (QED) is 0.833. The van der Waals surface area contributed by atoms with Crippen LogP contribution in [-0.2, 0) is 4.79 Å². The molecule has 3 aliphatic heterocycles. The third-order valence-electron chi connectivity index (χ3n) is 6.82. The molecular formula is C22H24N2O5. The zero-order valence-electron chi connectivity index (χ0n) is 16.1. The van der Waals surface area contributed by atoms with Gasteiger partial charge in [0, 0.05) is 31.6 Å². The van der Waals surface area contributed by atoms with Crippen LogP contribution in [0.15, 0.2) is 39.5 Å². The van der Waals surface area contributed by atoms with E-state index in [0.29, 0.717) is 30.5 Å². The van der Waals surface area contributed by atoms with E-state index < -0.39 is 0 Å². The normalized spacial score (nSPS) is 29.1. The minimum Gasteiger partial charge on any atom is -0.451 e. The Labute approximate surface area is 167 Å². The Bertz CT molecular complexity index is 1020. The van der Waals surface area contributed by atoms with E-state index in [0.717, 1.165) is 19.3 Å². The summed E-state index contributed by atoms with van der Waals surface area (Å²) in [7, 11) is 0. The van der Waals surface area contributed by atoms with Crippen LogP contribution in [0.5, 0.6) is 0 Å². The predicted octanol–water partition coefficient (Wildman–Crippen LogP) is 1.63. The van der Waals surface area contributed by atoms with Gasteiger partial charge in [0.1, 0.15) is 5.58 Å². The Morgan fingerprint density at radius 3 is 2.79 bits per heavy atom. The minimum atomic E-state index is -0.296. The van der Waals surface area contributed by atoms with Gasteiger partial charge in [-0.1, -0.05) is 12.1 Å². The number of para-hydroxylation sites is 1. The van der Waals surface area contributed by atoms with E-state index >= 15 is 0 Å². The number of aliphatic hydroxyl groups excluding tert-OH is 1. The van der Waals surface area contributed by atoms with Gasteiger partial charge >= 0.3 is 0 Å². The van der Waals surface area contributed by atoms with E-state index in [2.05, 4.69) is 0 Å². The van der Waals surface area contributed by atoms with Crippen molar-refractivity contribution in [2.45, 2.75) is 37.8 Å². The second-order valence-corrected chi connectivity index (χ2v) is 8.45. The molecule has 4 atom stereocenters. The van der Waals surface area contributed by atoms with Crippen molar-refractivity contribution in [3.05, 3.63) is 46.3 Å². The first-order valence-electron chi connectivity index (χ1n) is 10.3. The summed E-state index contributed by atoms with van der Waals surface area (Å²) < 4.78 is 5.75. The highest BCUT2D eigenvalue weighted by Gasteiger charge is 2.50. The average molecular weight is 396 g/mol. The smallest absolute Gasteiger partial charge is 0.289 e. The van der Waals surface area contributed by atoms with Crippen LogP contribution in [0.1, 0.15) is 36.2 Å². The van der Waals surface area contributed by atoms with Crippen LogP contribution in [0.2, 0.25) is 0 Å². The fourth-order valence-electron chi connectivity index (χ4n) is 5.54. The largest absolute Gasteiger partial charge is 0.451 e. The number of hydrogen-bond donors (Lipinski definition) is 1. The Morgan fingerprint density at radius 2 is 1.97 bits per heavy atom. The van der Waals surface area contributed by atoms with Crippen LogP contribution in [0, 0.1) is 11.8 Å². The molecule has 2 aromatic rings. The molecule has 7 nitrogen and oxygen atoms in total. The van der Waals surface area contributed by atoms with Gasteiger partial charge in [-0.15, -0.1) is 0 Å². The standard InChI is InChI=1S/C22H24N2O5/c25-12-17-14-8-13(16-5-3-7-21(27)24(16)17)10-23(11-14)22(28)20-9-18(26)15-4-1-2-6-19(15)29-20/h1-2,4,6,9,13-14,16-17,25H,3,5,7-8,10-12H2/t13-,14+,16+,17+/m1/s1. The van der Waals surface area contributed by atoms with Crippen molar-refractivity contribution in [3.63, 3.8) is 0 Å². The SMILES string of the molecule is O=C(c1cc(=O)c2ccccc2o1)N1C[C@H]2C[C@@H](C1)[C@H](CO)N1C(=O)CCC[C@@H]21. The lowest BCUT2D eigenvalue weighted by Crippen LogP contribution is -2.66. The van der Waals surface area contributed by atoms with Crippen LogP contribution in [0.25, 0.3) is 11.0 Å². The number of carbonyl (C=O) groups excluding carboxylic acids is 2. The molecule has 1 aromatic carbocycles. The molecule has 0 aliphatic carbocycles. The first-order chi connectivity index (χ1) is 14.1. The van der Waals surface area contributed by atoms with E-state index in [1.807, 2.05) is 4.90 Å². The third kappa shape index (κ3) is 2.95. The zero-order chi connectivity index (χ0) is 20.1. The van der Waals surface area contributed by atoms with Gasteiger partial charge in [-0.25, -0.2) is 0 Å². The summed E-state index contributed by atoms with van der Waals surface area (Å²) in [5.41, 5.74) is 0.169. The maximum Gasteiger partial charge on any atom is 0.289 e. The van der Waals surface area contributed by atoms with Crippen molar-refractivity contribution in [2.24, 2.45) is 11.8 Å². The van der Waals surface area contributed by atoms with Gasteiger partial charge in [-0.05, 0) is 43.2 Å². The summed E-state index contributed by atoms with van der Waals surface area (Å²) >= 11 is 0. The van der Waals surface area contributed by atoms with Crippen LogP contribution in [0.4, 0.5) is 0 Å². The summed E-state index contributed by atoms with van der Waals surface area (Å²) in [6, 6.07) is 8.00. The van der Waals surface area contributed by atoms with Crippen molar-refractivity contribution in [2.75, 3.05) is 19.7 Å². The molecule has 152 valence electrons. The van der Waals surface area contributed by atoms with Crippen LogP contribution in [-0.4, -0.2) is 58.5 Å². The highest BCUT2D eigenvalue weighted by molar-refractivity contribution is 5.93. The Hall–Kier alpha value is -2.67. The van der Waals surface area contributed by atoms with E-state index in [1.54, 1.807) is 29.2 Å². The van der Waals surface area contributed by atoms with Crippen LogP contribution in [0.3, 0.4) is 0 Å². The second-order valence-electron chi connectivity index (χ2n) is 8.45. The number of aliphatic hydroxyl groups is 1.